The van der Waals surface area contributed by atoms with E-state index in [0.717, 1.165) is 28.5 Å². The first kappa shape index (κ1) is 18.0. The van der Waals surface area contributed by atoms with Crippen molar-refractivity contribution in [1.82, 2.24) is 4.98 Å². The molecule has 0 saturated carbocycles. The lowest BCUT2D eigenvalue weighted by atomic mass is 10.1. The van der Waals surface area contributed by atoms with Crippen LogP contribution in [0.1, 0.15) is 4.88 Å². The minimum Gasteiger partial charge on any atom is -0.365 e. The molecule has 130 valence electrons. The summed E-state index contributed by atoms with van der Waals surface area (Å²) in [6, 6.07) is 15.0. The molecule has 7 heteroatoms. The number of nitrogens with one attached hydrogen (secondary N) is 1. The molecule has 3 rings (SSSR count). The first-order valence-electron chi connectivity index (χ1n) is 7.59. The number of hydrogen-bond donors (Lipinski definition) is 1. The Bertz CT molecular complexity index is 950. The third-order valence-corrected chi connectivity index (χ3v) is 6.43. The predicted molar refractivity (Wildman–Crippen MR) is 106 cm³/mol. The molecule has 0 fully saturated rings. The van der Waals surface area contributed by atoms with Crippen LogP contribution in [0.4, 0.5) is 5.82 Å². The molecule has 0 aliphatic carbocycles. The SMILES string of the molecule is CSc1ccc(NCc2cccs2)nc1-c1ccc(S(C)(=O)=O)cc1. The zero-order valence-corrected chi connectivity index (χ0v) is 16.3. The Morgan fingerprint density at radius 1 is 1.12 bits per heavy atom. The molecule has 1 aromatic carbocycles. The van der Waals surface area contributed by atoms with Gasteiger partial charge in [-0.2, -0.15) is 0 Å². The summed E-state index contributed by atoms with van der Waals surface area (Å²) in [5, 5.41) is 5.39. The fourth-order valence-corrected chi connectivity index (χ4v) is 4.20. The highest BCUT2D eigenvalue weighted by molar-refractivity contribution is 7.98. The van der Waals surface area contributed by atoms with E-state index in [2.05, 4.69) is 16.8 Å². The Labute approximate surface area is 156 Å². The molecule has 4 nitrogen and oxygen atoms in total. The van der Waals surface area contributed by atoms with Gasteiger partial charge in [0, 0.05) is 21.6 Å². The quantitative estimate of drug-likeness (QED) is 0.626. The summed E-state index contributed by atoms with van der Waals surface area (Å²) in [4.78, 5) is 7.34. The fraction of sp³-hybridized carbons (Fsp3) is 0.167. The summed E-state index contributed by atoms with van der Waals surface area (Å²) in [6.45, 7) is 0.732. The van der Waals surface area contributed by atoms with Gasteiger partial charge >= 0.3 is 0 Å². The van der Waals surface area contributed by atoms with Crippen molar-refractivity contribution in [3.8, 4) is 11.3 Å². The number of thioether (sulfide) groups is 1. The molecule has 0 saturated heterocycles. The molecule has 0 atom stereocenters. The smallest absolute Gasteiger partial charge is 0.175 e. The van der Waals surface area contributed by atoms with Crippen molar-refractivity contribution in [1.29, 1.82) is 0 Å². The lowest BCUT2D eigenvalue weighted by Gasteiger charge is -2.11. The van der Waals surface area contributed by atoms with E-state index < -0.39 is 9.84 Å². The number of sulfone groups is 1. The van der Waals surface area contributed by atoms with Crippen molar-refractivity contribution in [3.05, 3.63) is 58.8 Å². The maximum absolute atomic E-state index is 11.6. The van der Waals surface area contributed by atoms with E-state index in [4.69, 9.17) is 4.98 Å². The summed E-state index contributed by atoms with van der Waals surface area (Å²) in [6.07, 6.45) is 3.22. The van der Waals surface area contributed by atoms with E-state index in [1.807, 2.05) is 36.6 Å². The number of hydrogen-bond acceptors (Lipinski definition) is 6. The number of aromatic nitrogens is 1. The average molecular weight is 391 g/mol. The number of rotatable bonds is 6. The first-order chi connectivity index (χ1) is 12.0. The van der Waals surface area contributed by atoms with Gasteiger partial charge in [0.05, 0.1) is 17.1 Å². The van der Waals surface area contributed by atoms with E-state index in [0.29, 0.717) is 4.90 Å². The fourth-order valence-electron chi connectivity index (χ4n) is 2.37. The zero-order valence-electron chi connectivity index (χ0n) is 13.9. The molecule has 0 radical (unpaired) electrons. The lowest BCUT2D eigenvalue weighted by Crippen LogP contribution is -2.01. The van der Waals surface area contributed by atoms with Crippen LogP contribution in [-0.2, 0) is 16.4 Å². The van der Waals surface area contributed by atoms with Gasteiger partial charge < -0.3 is 5.32 Å². The maximum Gasteiger partial charge on any atom is 0.175 e. The molecule has 25 heavy (non-hydrogen) atoms. The minimum absolute atomic E-state index is 0.314. The van der Waals surface area contributed by atoms with Crippen LogP contribution in [-0.4, -0.2) is 25.9 Å². The van der Waals surface area contributed by atoms with Crippen LogP contribution in [0, 0.1) is 0 Å². The Morgan fingerprint density at radius 3 is 2.48 bits per heavy atom. The molecule has 0 amide bonds. The molecule has 2 heterocycles. The Hall–Kier alpha value is -1.83. The van der Waals surface area contributed by atoms with Gasteiger partial charge in [0.2, 0.25) is 0 Å². The Balaban J connectivity index is 1.89. The summed E-state index contributed by atoms with van der Waals surface area (Å²) < 4.78 is 23.3. The standard InChI is InChI=1S/C18H18N2O2S3/c1-23-16-9-10-17(19-12-14-4-3-11-24-14)20-18(16)13-5-7-15(8-6-13)25(2,21)22/h3-11H,12H2,1-2H3,(H,19,20). The van der Waals surface area contributed by atoms with E-state index in [-0.39, 0.29) is 0 Å². The van der Waals surface area contributed by atoms with Crippen LogP contribution in [0.3, 0.4) is 0 Å². The van der Waals surface area contributed by atoms with Crippen LogP contribution in [0.5, 0.6) is 0 Å². The molecular weight excluding hydrogens is 372 g/mol. The van der Waals surface area contributed by atoms with Gasteiger partial charge in [-0.05, 0) is 42.0 Å². The van der Waals surface area contributed by atoms with Crippen molar-refractivity contribution >= 4 is 38.8 Å². The molecule has 0 bridgehead atoms. The average Bonchev–Trinajstić information content (AvgIpc) is 3.12. The zero-order chi connectivity index (χ0) is 17.9. The second-order valence-corrected chi connectivity index (χ2v) is 9.37. The lowest BCUT2D eigenvalue weighted by molar-refractivity contribution is 0.602. The van der Waals surface area contributed by atoms with Crippen molar-refractivity contribution in [2.24, 2.45) is 0 Å². The highest BCUT2D eigenvalue weighted by Crippen LogP contribution is 2.30. The van der Waals surface area contributed by atoms with Crippen molar-refractivity contribution in [2.45, 2.75) is 16.3 Å². The van der Waals surface area contributed by atoms with Crippen molar-refractivity contribution in [2.75, 3.05) is 17.8 Å². The van der Waals surface area contributed by atoms with Crippen molar-refractivity contribution < 1.29 is 8.42 Å². The Morgan fingerprint density at radius 2 is 1.88 bits per heavy atom. The topological polar surface area (TPSA) is 59.1 Å². The van der Waals surface area contributed by atoms with E-state index in [1.165, 1.54) is 11.1 Å². The molecule has 0 aliphatic rings. The van der Waals surface area contributed by atoms with Gasteiger partial charge in [0.15, 0.2) is 9.84 Å². The number of benzene rings is 1. The monoisotopic (exact) mass is 390 g/mol. The number of pyridine rings is 1. The minimum atomic E-state index is -3.20. The summed E-state index contributed by atoms with van der Waals surface area (Å²) in [5.41, 5.74) is 1.75. The van der Waals surface area contributed by atoms with Crippen LogP contribution in [0.2, 0.25) is 0 Å². The molecule has 0 spiro atoms. The van der Waals surface area contributed by atoms with E-state index in [9.17, 15) is 8.42 Å². The van der Waals surface area contributed by atoms with Crippen LogP contribution < -0.4 is 5.32 Å². The van der Waals surface area contributed by atoms with Crippen LogP contribution in [0.25, 0.3) is 11.3 Å². The number of thiophene rings is 1. The van der Waals surface area contributed by atoms with Gasteiger partial charge in [-0.1, -0.05) is 18.2 Å². The van der Waals surface area contributed by atoms with Gasteiger partial charge in [-0.3, -0.25) is 0 Å². The van der Waals surface area contributed by atoms with Gasteiger partial charge in [-0.25, -0.2) is 13.4 Å². The van der Waals surface area contributed by atoms with Crippen molar-refractivity contribution in [3.63, 3.8) is 0 Å². The third kappa shape index (κ3) is 4.42. The predicted octanol–water partition coefficient (Wildman–Crippen LogP) is 4.55. The second kappa shape index (κ2) is 7.59. The molecule has 1 N–H and O–H groups in total. The van der Waals surface area contributed by atoms with Crippen LogP contribution >= 0.6 is 23.1 Å². The molecular formula is C18H18N2O2S3. The largest absolute Gasteiger partial charge is 0.365 e. The van der Waals surface area contributed by atoms with E-state index >= 15 is 0 Å². The van der Waals surface area contributed by atoms with Gasteiger partial charge in [-0.15, -0.1) is 23.1 Å². The highest BCUT2D eigenvalue weighted by Gasteiger charge is 2.11. The number of nitrogens with zero attached hydrogens (tertiary/aromatic N) is 1. The van der Waals surface area contributed by atoms with E-state index in [1.54, 1.807) is 35.2 Å². The van der Waals surface area contributed by atoms with Crippen LogP contribution in [0.15, 0.2) is 63.7 Å². The normalized spacial score (nSPS) is 11.4. The summed E-state index contributed by atoms with van der Waals surface area (Å²) in [5.74, 6) is 0.799. The molecule has 3 aromatic rings. The maximum atomic E-state index is 11.6. The first-order valence-corrected chi connectivity index (χ1v) is 11.6. The van der Waals surface area contributed by atoms with Gasteiger partial charge in [0.25, 0.3) is 0 Å². The Kier molecular flexibility index (Phi) is 5.46. The molecule has 2 aromatic heterocycles. The third-order valence-electron chi connectivity index (χ3n) is 3.66. The summed E-state index contributed by atoms with van der Waals surface area (Å²) in [7, 11) is -3.20. The molecule has 0 aliphatic heterocycles. The second-order valence-electron chi connectivity index (χ2n) is 5.48. The highest BCUT2D eigenvalue weighted by atomic mass is 32.2. The number of anilines is 1. The van der Waals surface area contributed by atoms with Gasteiger partial charge in [0.1, 0.15) is 5.82 Å². The molecule has 0 unspecified atom stereocenters. The summed E-state index contributed by atoms with van der Waals surface area (Å²) >= 11 is 3.32.